The van der Waals surface area contributed by atoms with Gasteiger partial charge in [0.15, 0.2) is 0 Å². The summed E-state index contributed by atoms with van der Waals surface area (Å²) in [5.41, 5.74) is -2.03. The third-order valence-corrected chi connectivity index (χ3v) is 5.54. The highest BCUT2D eigenvalue weighted by Crippen LogP contribution is 2.52. The number of hydrogen-bond donors (Lipinski definition) is 1. The molecule has 0 heterocycles. The zero-order chi connectivity index (χ0) is 21.8. The van der Waals surface area contributed by atoms with E-state index in [0.717, 1.165) is 0 Å². The van der Waals surface area contributed by atoms with E-state index in [4.69, 9.17) is 42.2 Å². The van der Waals surface area contributed by atoms with Crippen LogP contribution >= 0.6 is 13.5 Å². The molecule has 0 atom stereocenters. The molecule has 0 saturated carbocycles. The Bertz CT molecular complexity index is 437. The van der Waals surface area contributed by atoms with Gasteiger partial charge in [0.1, 0.15) is 0 Å². The van der Waals surface area contributed by atoms with Crippen molar-refractivity contribution in [2.45, 2.75) is 105 Å². The molecule has 0 aromatic carbocycles. The van der Waals surface area contributed by atoms with Crippen LogP contribution in [0.2, 0.25) is 0 Å². The largest absolute Gasteiger partial charge is 0.660 e. The molecule has 0 unspecified atom stereocenters. The fourth-order valence-corrected chi connectivity index (χ4v) is 6.88. The molecule has 0 bridgehead atoms. The molecule has 26 heavy (non-hydrogen) atoms. The summed E-state index contributed by atoms with van der Waals surface area (Å²) in [4.78, 5) is 9.67. The molecule has 0 aliphatic rings. The van der Waals surface area contributed by atoms with Crippen LogP contribution in [-0.2, 0) is 46.7 Å². The van der Waals surface area contributed by atoms with Crippen molar-refractivity contribution in [1.29, 1.82) is 0 Å². The quantitative estimate of drug-likeness (QED) is 0.406. The van der Waals surface area contributed by atoms with Gasteiger partial charge in [-0.3, -0.25) is 4.57 Å². The van der Waals surface area contributed by atoms with E-state index < -0.39 is 35.9 Å². The van der Waals surface area contributed by atoms with E-state index in [1.54, 1.807) is 41.5 Å². The Labute approximate surface area is 170 Å². The normalized spacial score (nSPS) is 14.7. The van der Waals surface area contributed by atoms with Crippen molar-refractivity contribution in [3.05, 3.63) is 0 Å². The summed E-state index contributed by atoms with van der Waals surface area (Å²) in [5, 5.41) is 0. The SMILES string of the molecule is CC(C)(C)OP(=O)([S-])OC(C)(C)C.CC(C)(C)OP(O)(=S)OC(C)(C)C. The van der Waals surface area contributed by atoms with Crippen LogP contribution in [0.25, 0.3) is 0 Å². The standard InChI is InChI=1S/2C8H19O3PS/c2*1-7(2,3)10-12(9,13)11-8(4,5)6/h2*1-6H3,(H,9,13)/p-1. The summed E-state index contributed by atoms with van der Waals surface area (Å²) in [6, 6.07) is 0. The second kappa shape index (κ2) is 9.69. The predicted octanol–water partition coefficient (Wildman–Crippen LogP) is 6.11. The van der Waals surface area contributed by atoms with Gasteiger partial charge in [0.2, 0.25) is 6.80 Å². The monoisotopic (exact) mass is 451 g/mol. The topological polar surface area (TPSA) is 74.2 Å². The highest BCUT2D eigenvalue weighted by Gasteiger charge is 2.29. The fourth-order valence-electron chi connectivity index (χ4n) is 1.40. The Hall–Kier alpha value is 1.03. The van der Waals surface area contributed by atoms with Crippen LogP contribution in [0.3, 0.4) is 0 Å². The minimum absolute atomic E-state index is 0.477. The maximum absolute atomic E-state index is 11.6. The van der Waals surface area contributed by atoms with Gasteiger partial charge < -0.3 is 35.2 Å². The third-order valence-electron chi connectivity index (χ3n) is 1.55. The van der Waals surface area contributed by atoms with Crippen LogP contribution in [0.15, 0.2) is 0 Å². The van der Waals surface area contributed by atoms with Crippen LogP contribution in [0.1, 0.15) is 83.1 Å². The molecular formula is C16H37O6P2S2-. The van der Waals surface area contributed by atoms with Crippen molar-refractivity contribution >= 4 is 37.6 Å². The summed E-state index contributed by atoms with van der Waals surface area (Å²) in [6.07, 6.45) is 0. The molecule has 0 rings (SSSR count). The molecule has 0 aromatic heterocycles. The van der Waals surface area contributed by atoms with E-state index in [0.29, 0.717) is 0 Å². The second-order valence-electron chi connectivity index (χ2n) is 9.73. The first-order chi connectivity index (χ1) is 10.8. The Kier molecular flexibility index (Phi) is 10.9. The lowest BCUT2D eigenvalue weighted by molar-refractivity contribution is 0.0448. The van der Waals surface area contributed by atoms with Gasteiger partial charge in [-0.25, -0.2) is 0 Å². The first-order valence-electron chi connectivity index (χ1n) is 8.29. The highest BCUT2D eigenvalue weighted by atomic mass is 32.7. The third kappa shape index (κ3) is 23.1. The molecule has 10 heteroatoms. The average molecular weight is 452 g/mol. The van der Waals surface area contributed by atoms with Gasteiger partial charge in [0, 0.05) is 0 Å². The van der Waals surface area contributed by atoms with Crippen molar-refractivity contribution in [2.75, 3.05) is 0 Å². The van der Waals surface area contributed by atoms with Crippen LogP contribution in [0, 0.1) is 0 Å². The Morgan fingerprint density at radius 2 is 0.846 bits per heavy atom. The minimum Gasteiger partial charge on any atom is -0.660 e. The van der Waals surface area contributed by atoms with Crippen LogP contribution in [0.4, 0.5) is 0 Å². The number of hydrogen-bond acceptors (Lipinski definition) is 7. The minimum atomic E-state index is -3.35. The van der Waals surface area contributed by atoms with Gasteiger partial charge in [-0.15, -0.1) is 0 Å². The number of rotatable bonds is 4. The zero-order valence-corrected chi connectivity index (χ0v) is 21.6. The van der Waals surface area contributed by atoms with E-state index in [1.165, 1.54) is 0 Å². The van der Waals surface area contributed by atoms with Gasteiger partial charge in [0.05, 0.1) is 22.4 Å². The van der Waals surface area contributed by atoms with E-state index >= 15 is 0 Å². The summed E-state index contributed by atoms with van der Waals surface area (Å²) in [5.74, 6) is 0. The molecular weight excluding hydrogens is 414 g/mol. The molecule has 0 aliphatic carbocycles. The van der Waals surface area contributed by atoms with Crippen molar-refractivity contribution in [2.24, 2.45) is 0 Å². The Balaban J connectivity index is 0. The molecule has 0 amide bonds. The van der Waals surface area contributed by atoms with Gasteiger partial charge >= 0.3 is 6.72 Å². The predicted molar refractivity (Wildman–Crippen MR) is 115 cm³/mol. The lowest BCUT2D eigenvalue weighted by Crippen LogP contribution is -2.23. The Morgan fingerprint density at radius 3 is 1.00 bits per heavy atom. The second-order valence-corrected chi connectivity index (χ2v) is 15.0. The molecule has 0 fully saturated rings. The highest BCUT2D eigenvalue weighted by molar-refractivity contribution is 8.32. The van der Waals surface area contributed by atoms with Gasteiger partial charge in [-0.1, -0.05) is 0 Å². The average Bonchev–Trinajstić information content (AvgIpc) is 1.97. The molecule has 6 nitrogen and oxygen atoms in total. The molecule has 0 aliphatic heterocycles. The maximum atomic E-state index is 11.6. The molecule has 0 saturated heterocycles. The van der Waals surface area contributed by atoms with Crippen molar-refractivity contribution in [3.63, 3.8) is 0 Å². The summed E-state index contributed by atoms with van der Waals surface area (Å²) >= 11 is 9.61. The molecule has 160 valence electrons. The lowest BCUT2D eigenvalue weighted by atomic mass is 10.2. The van der Waals surface area contributed by atoms with Crippen LogP contribution in [0.5, 0.6) is 0 Å². The first kappa shape index (κ1) is 29.2. The van der Waals surface area contributed by atoms with Gasteiger partial charge in [-0.05, 0) is 94.9 Å². The van der Waals surface area contributed by atoms with Gasteiger partial charge in [-0.2, -0.15) is 0 Å². The van der Waals surface area contributed by atoms with Crippen molar-refractivity contribution in [3.8, 4) is 0 Å². The fraction of sp³-hybridized carbons (Fsp3) is 1.00. The lowest BCUT2D eigenvalue weighted by Gasteiger charge is -2.36. The molecule has 0 radical (unpaired) electrons. The molecule has 0 spiro atoms. The van der Waals surface area contributed by atoms with E-state index in [1.807, 2.05) is 41.5 Å². The van der Waals surface area contributed by atoms with Crippen LogP contribution < -0.4 is 0 Å². The first-order valence-corrected chi connectivity index (χ1v) is 13.4. The summed E-state index contributed by atoms with van der Waals surface area (Å²) < 4.78 is 32.4. The molecule has 0 aromatic rings. The summed E-state index contributed by atoms with van der Waals surface area (Å²) in [6.45, 7) is 15.3. The Morgan fingerprint density at radius 1 is 0.654 bits per heavy atom. The van der Waals surface area contributed by atoms with Crippen molar-refractivity contribution in [1.82, 2.24) is 0 Å². The van der Waals surface area contributed by atoms with E-state index in [2.05, 4.69) is 0 Å². The van der Waals surface area contributed by atoms with Crippen LogP contribution in [-0.4, -0.2) is 27.3 Å². The maximum Gasteiger partial charge on any atom is 0.325 e. The van der Waals surface area contributed by atoms with E-state index in [9.17, 15) is 9.46 Å². The van der Waals surface area contributed by atoms with Crippen molar-refractivity contribution < 1.29 is 27.6 Å². The van der Waals surface area contributed by atoms with Gasteiger partial charge in [0.25, 0.3) is 0 Å². The van der Waals surface area contributed by atoms with E-state index in [-0.39, 0.29) is 0 Å². The molecule has 1 N–H and O–H groups in total. The smallest absolute Gasteiger partial charge is 0.325 e. The zero-order valence-electron chi connectivity index (χ0n) is 18.2. The summed E-state index contributed by atoms with van der Waals surface area (Å²) in [7, 11) is 0.